The van der Waals surface area contributed by atoms with E-state index in [0.717, 1.165) is 34.9 Å². The predicted molar refractivity (Wildman–Crippen MR) is 113 cm³/mol. The first-order valence-corrected chi connectivity index (χ1v) is 10.3. The molecule has 6 nitrogen and oxygen atoms in total. The molecule has 1 aliphatic heterocycles. The van der Waals surface area contributed by atoms with Gasteiger partial charge in [0.25, 0.3) is 0 Å². The van der Waals surface area contributed by atoms with E-state index < -0.39 is 11.8 Å². The minimum absolute atomic E-state index is 0.0925. The van der Waals surface area contributed by atoms with Gasteiger partial charge in [0.1, 0.15) is 11.3 Å². The zero-order chi connectivity index (χ0) is 20.6. The monoisotopic (exact) mass is 404 g/mol. The summed E-state index contributed by atoms with van der Waals surface area (Å²) in [5, 5.41) is 14.0. The number of nitrogens with zero attached hydrogens (tertiary/aromatic N) is 3. The number of imidazole rings is 1. The van der Waals surface area contributed by atoms with Gasteiger partial charge in [-0.3, -0.25) is 0 Å². The number of carboxylic acids is 1. The van der Waals surface area contributed by atoms with Crippen molar-refractivity contribution in [2.24, 2.45) is 13.0 Å². The van der Waals surface area contributed by atoms with Crippen molar-refractivity contribution in [2.45, 2.75) is 25.3 Å². The summed E-state index contributed by atoms with van der Waals surface area (Å²) in [4.78, 5) is 16.1. The summed E-state index contributed by atoms with van der Waals surface area (Å²) in [6, 6.07) is 11.2. The van der Waals surface area contributed by atoms with E-state index in [1.54, 1.807) is 11.6 Å². The lowest BCUT2D eigenvalue weighted by molar-refractivity contribution is 0.0696. The van der Waals surface area contributed by atoms with Crippen LogP contribution in [0.4, 0.5) is 10.1 Å². The van der Waals surface area contributed by atoms with Gasteiger partial charge in [0.05, 0.1) is 34.0 Å². The van der Waals surface area contributed by atoms with Gasteiger partial charge in [0, 0.05) is 19.0 Å². The number of hydrogen-bond donors (Lipinski definition) is 2. The summed E-state index contributed by atoms with van der Waals surface area (Å²) in [5.74, 6) is -0.462. The Kier molecular flexibility index (Phi) is 3.54. The molecule has 0 amide bonds. The third-order valence-electron chi connectivity index (χ3n) is 6.79. The molecule has 1 unspecified atom stereocenters. The number of hydrogen-bond acceptors (Lipinski definition) is 3. The zero-order valence-corrected chi connectivity index (χ0v) is 16.5. The van der Waals surface area contributed by atoms with Crippen molar-refractivity contribution in [3.05, 3.63) is 47.8 Å². The third-order valence-corrected chi connectivity index (χ3v) is 6.79. The van der Waals surface area contributed by atoms with Gasteiger partial charge in [0.15, 0.2) is 5.82 Å². The minimum atomic E-state index is -1.16. The molecule has 1 fully saturated rings. The van der Waals surface area contributed by atoms with Crippen LogP contribution in [0.5, 0.6) is 0 Å². The quantitative estimate of drug-likeness (QED) is 0.515. The molecule has 30 heavy (non-hydrogen) atoms. The molecule has 0 bridgehead atoms. The molecule has 0 saturated heterocycles. The molecule has 4 aromatic rings. The van der Waals surface area contributed by atoms with Gasteiger partial charge >= 0.3 is 5.97 Å². The summed E-state index contributed by atoms with van der Waals surface area (Å²) < 4.78 is 18.9. The second kappa shape index (κ2) is 6.08. The molecule has 152 valence electrons. The van der Waals surface area contributed by atoms with Crippen molar-refractivity contribution >= 4 is 33.6 Å². The molecule has 0 radical (unpaired) electrons. The Labute approximate surface area is 171 Å². The first kappa shape index (κ1) is 17.5. The molecular weight excluding hydrogens is 383 g/mol. The van der Waals surface area contributed by atoms with Crippen LogP contribution in [0.15, 0.2) is 36.4 Å². The van der Waals surface area contributed by atoms with Crippen LogP contribution in [0.1, 0.15) is 35.7 Å². The lowest BCUT2D eigenvalue weighted by atomic mass is 9.79. The van der Waals surface area contributed by atoms with Crippen molar-refractivity contribution in [1.82, 2.24) is 14.1 Å². The Balaban J connectivity index is 1.63. The molecule has 2 aliphatic rings. The van der Waals surface area contributed by atoms with Crippen molar-refractivity contribution in [1.29, 1.82) is 0 Å². The predicted octanol–water partition coefficient (Wildman–Crippen LogP) is 4.80. The normalized spacial score (nSPS) is 18.5. The standard InChI is InChI=1S/C23H21FN4O2/c1-27-21-15(24)8-14(23(29)30)9-17(21)26-22(27)18-10-13-6-3-7-16-20(13)28(18)19(11-25-16)12-4-2-5-12/h3,6-10,12,19,25H,2,4-5,11H2,1H3,(H,29,30). The van der Waals surface area contributed by atoms with Gasteiger partial charge in [0.2, 0.25) is 0 Å². The van der Waals surface area contributed by atoms with Crippen molar-refractivity contribution in [3.8, 4) is 11.5 Å². The number of nitrogens with one attached hydrogen (secondary N) is 1. The Hall–Kier alpha value is -3.35. The van der Waals surface area contributed by atoms with E-state index in [2.05, 4.69) is 28.1 Å². The molecule has 3 heterocycles. The second-order valence-electron chi connectivity index (χ2n) is 8.41. The van der Waals surface area contributed by atoms with Crippen LogP contribution in [0, 0.1) is 11.7 Å². The summed E-state index contributed by atoms with van der Waals surface area (Å²) in [7, 11) is 1.79. The van der Waals surface area contributed by atoms with E-state index in [0.29, 0.717) is 28.8 Å². The minimum Gasteiger partial charge on any atom is -0.478 e. The fourth-order valence-corrected chi connectivity index (χ4v) is 5.10. The topological polar surface area (TPSA) is 72.1 Å². The maximum atomic E-state index is 14.8. The van der Waals surface area contributed by atoms with Gasteiger partial charge in [-0.1, -0.05) is 18.6 Å². The zero-order valence-electron chi connectivity index (χ0n) is 16.5. The van der Waals surface area contributed by atoms with E-state index in [9.17, 15) is 14.3 Å². The van der Waals surface area contributed by atoms with Gasteiger partial charge in [-0.2, -0.15) is 0 Å². The van der Waals surface area contributed by atoms with Crippen LogP contribution in [-0.4, -0.2) is 31.7 Å². The van der Waals surface area contributed by atoms with E-state index in [1.165, 1.54) is 25.3 Å². The summed E-state index contributed by atoms with van der Waals surface area (Å²) in [5.41, 5.74) is 3.80. The molecule has 1 saturated carbocycles. The Bertz CT molecular complexity index is 1350. The van der Waals surface area contributed by atoms with Gasteiger partial charge in [-0.05, 0) is 43.0 Å². The highest BCUT2D eigenvalue weighted by Crippen LogP contribution is 2.45. The number of halogens is 1. The molecule has 6 rings (SSSR count). The molecule has 1 aliphatic carbocycles. The lowest BCUT2D eigenvalue weighted by Gasteiger charge is -2.39. The number of carboxylic acid groups (broad SMARTS) is 1. The molecule has 2 aromatic heterocycles. The van der Waals surface area contributed by atoms with E-state index in [4.69, 9.17) is 4.98 Å². The average molecular weight is 404 g/mol. The number of aromatic carboxylic acids is 1. The van der Waals surface area contributed by atoms with Crippen molar-refractivity contribution in [2.75, 3.05) is 11.9 Å². The molecule has 2 N–H and O–H groups in total. The number of anilines is 1. The number of benzene rings is 2. The number of aromatic nitrogens is 3. The SMILES string of the molecule is Cn1c(-c2cc3cccc4c3n2C(C2CCC2)CN4)nc2cc(C(=O)O)cc(F)c21. The third kappa shape index (κ3) is 2.29. The van der Waals surface area contributed by atoms with Crippen LogP contribution >= 0.6 is 0 Å². The van der Waals surface area contributed by atoms with Gasteiger partial charge < -0.3 is 19.6 Å². The molecule has 2 aromatic carbocycles. The van der Waals surface area contributed by atoms with E-state index in [-0.39, 0.29) is 5.56 Å². The molecule has 1 atom stereocenters. The van der Waals surface area contributed by atoms with Crippen LogP contribution in [-0.2, 0) is 7.05 Å². The first-order valence-electron chi connectivity index (χ1n) is 10.3. The van der Waals surface area contributed by atoms with Crippen molar-refractivity contribution < 1.29 is 14.3 Å². The Morgan fingerprint density at radius 3 is 2.80 bits per heavy atom. The summed E-state index contributed by atoms with van der Waals surface area (Å²) >= 11 is 0. The Morgan fingerprint density at radius 1 is 1.23 bits per heavy atom. The van der Waals surface area contributed by atoms with Crippen LogP contribution < -0.4 is 5.32 Å². The highest BCUT2D eigenvalue weighted by Gasteiger charge is 2.34. The van der Waals surface area contributed by atoms with E-state index >= 15 is 0 Å². The first-order chi connectivity index (χ1) is 14.5. The number of aryl methyl sites for hydroxylation is 1. The average Bonchev–Trinajstić information content (AvgIpc) is 3.22. The largest absolute Gasteiger partial charge is 0.478 e. The van der Waals surface area contributed by atoms with Gasteiger partial charge in [-0.25, -0.2) is 14.2 Å². The maximum Gasteiger partial charge on any atom is 0.335 e. The van der Waals surface area contributed by atoms with Gasteiger partial charge in [-0.15, -0.1) is 0 Å². The highest BCUT2D eigenvalue weighted by atomic mass is 19.1. The summed E-state index contributed by atoms with van der Waals surface area (Å²) in [6.07, 6.45) is 3.69. The van der Waals surface area contributed by atoms with Crippen LogP contribution in [0.2, 0.25) is 0 Å². The highest BCUT2D eigenvalue weighted by molar-refractivity contribution is 5.98. The van der Waals surface area contributed by atoms with Crippen LogP contribution in [0.25, 0.3) is 33.5 Å². The van der Waals surface area contributed by atoms with Crippen LogP contribution in [0.3, 0.4) is 0 Å². The number of carbonyl (C=O) groups is 1. The molecule has 0 spiro atoms. The fraction of sp³-hybridized carbons (Fsp3) is 0.304. The molecular formula is C23H21FN4O2. The molecule has 7 heteroatoms. The maximum absolute atomic E-state index is 14.8. The fourth-order valence-electron chi connectivity index (χ4n) is 5.10. The number of fused-ring (bicyclic) bond motifs is 1. The Morgan fingerprint density at radius 2 is 2.07 bits per heavy atom. The lowest BCUT2D eigenvalue weighted by Crippen LogP contribution is -2.33. The number of para-hydroxylation sites is 1. The second-order valence-corrected chi connectivity index (χ2v) is 8.41. The van der Waals surface area contributed by atoms with Crippen molar-refractivity contribution in [3.63, 3.8) is 0 Å². The van der Waals surface area contributed by atoms with E-state index in [1.807, 2.05) is 6.07 Å². The summed E-state index contributed by atoms with van der Waals surface area (Å²) in [6.45, 7) is 0.861. The smallest absolute Gasteiger partial charge is 0.335 e. The number of rotatable bonds is 3.